The van der Waals surface area contributed by atoms with Gasteiger partial charge in [-0.3, -0.25) is 4.79 Å². The van der Waals surface area contributed by atoms with E-state index in [0.29, 0.717) is 6.54 Å². The largest absolute Gasteiger partial charge is 0.350 e. The van der Waals surface area contributed by atoms with Crippen molar-refractivity contribution in [2.24, 2.45) is 0 Å². The Labute approximate surface area is 140 Å². The molecule has 126 valence electrons. The summed E-state index contributed by atoms with van der Waals surface area (Å²) in [4.78, 5) is 16.5. The quantitative estimate of drug-likeness (QED) is 0.827. The van der Waals surface area contributed by atoms with Crippen molar-refractivity contribution >= 4 is 5.82 Å². The van der Waals surface area contributed by atoms with Crippen LogP contribution >= 0.6 is 0 Å². The second kappa shape index (κ2) is 6.32. The first-order valence-electron chi connectivity index (χ1n) is 8.53. The highest BCUT2D eigenvalue weighted by atomic mass is 16.1. The van der Waals surface area contributed by atoms with Crippen LogP contribution in [0.25, 0.3) is 0 Å². The van der Waals surface area contributed by atoms with Crippen molar-refractivity contribution in [1.82, 2.24) is 24.9 Å². The second-order valence-corrected chi connectivity index (χ2v) is 6.70. The summed E-state index contributed by atoms with van der Waals surface area (Å²) in [5, 5.41) is 13.1. The molecule has 0 aromatic carbocycles. The lowest BCUT2D eigenvalue weighted by atomic mass is 10.1. The normalized spacial score (nSPS) is 21.0. The minimum atomic E-state index is -0.0532. The van der Waals surface area contributed by atoms with Crippen LogP contribution in [0.4, 0.5) is 5.82 Å². The highest BCUT2D eigenvalue weighted by Crippen LogP contribution is 2.27. The van der Waals surface area contributed by atoms with Gasteiger partial charge >= 0.3 is 0 Å². The Morgan fingerprint density at radius 1 is 1.29 bits per heavy atom. The van der Waals surface area contributed by atoms with E-state index in [1.165, 1.54) is 5.56 Å². The Morgan fingerprint density at radius 3 is 3.08 bits per heavy atom. The Kier molecular flexibility index (Phi) is 4.02. The van der Waals surface area contributed by atoms with Crippen LogP contribution in [-0.2, 0) is 19.5 Å². The number of likely N-dealkylation sites (N-methyl/N-ethyl adjacent to an activating group) is 1. The molecule has 7 nitrogen and oxygen atoms in total. The third-order valence-electron chi connectivity index (χ3n) is 4.96. The van der Waals surface area contributed by atoms with E-state index in [-0.39, 0.29) is 11.6 Å². The predicted octanol–water partition coefficient (Wildman–Crippen LogP) is 0.690. The van der Waals surface area contributed by atoms with Gasteiger partial charge in [-0.25, -0.2) is 4.68 Å². The molecule has 1 fully saturated rings. The van der Waals surface area contributed by atoms with E-state index in [1.807, 2.05) is 0 Å². The average Bonchev–Trinajstić information content (AvgIpc) is 3.04. The molecule has 2 aromatic rings. The van der Waals surface area contributed by atoms with E-state index in [2.05, 4.69) is 38.2 Å². The molecule has 0 spiro atoms. The van der Waals surface area contributed by atoms with Crippen molar-refractivity contribution in [3.8, 4) is 0 Å². The summed E-state index contributed by atoms with van der Waals surface area (Å²) < 4.78 is 1.54. The van der Waals surface area contributed by atoms with Gasteiger partial charge in [-0.2, -0.15) is 10.2 Å². The topological polar surface area (TPSA) is 67.2 Å². The van der Waals surface area contributed by atoms with Crippen LogP contribution in [-0.4, -0.2) is 51.1 Å². The van der Waals surface area contributed by atoms with E-state index in [1.54, 1.807) is 23.0 Å². The van der Waals surface area contributed by atoms with Gasteiger partial charge in [0.15, 0.2) is 5.82 Å². The van der Waals surface area contributed by atoms with Gasteiger partial charge in [-0.05, 0) is 37.6 Å². The number of hydrogen-bond acceptors (Lipinski definition) is 6. The Balaban J connectivity index is 1.58. The predicted molar refractivity (Wildman–Crippen MR) is 90.9 cm³/mol. The fourth-order valence-electron chi connectivity index (χ4n) is 3.65. The van der Waals surface area contributed by atoms with E-state index in [4.69, 9.17) is 0 Å². The van der Waals surface area contributed by atoms with Gasteiger partial charge in [0, 0.05) is 38.3 Å². The molecule has 0 bridgehead atoms. The number of rotatable bonds is 3. The molecular weight excluding hydrogens is 304 g/mol. The molecule has 4 rings (SSSR count). The second-order valence-electron chi connectivity index (χ2n) is 6.70. The van der Waals surface area contributed by atoms with Crippen molar-refractivity contribution in [2.45, 2.75) is 38.4 Å². The Bertz CT molecular complexity index is 789. The van der Waals surface area contributed by atoms with Crippen LogP contribution in [0.5, 0.6) is 0 Å². The summed E-state index contributed by atoms with van der Waals surface area (Å²) in [5.74, 6) is 0.926. The van der Waals surface area contributed by atoms with E-state index >= 15 is 0 Å². The third kappa shape index (κ3) is 2.91. The summed E-state index contributed by atoms with van der Waals surface area (Å²) in [7, 11) is 2.13. The van der Waals surface area contributed by atoms with Crippen LogP contribution in [0.3, 0.4) is 0 Å². The molecule has 1 unspecified atom stereocenters. The molecule has 0 saturated carbocycles. The Morgan fingerprint density at radius 2 is 2.21 bits per heavy atom. The zero-order valence-corrected chi connectivity index (χ0v) is 13.9. The molecule has 0 aliphatic carbocycles. The lowest BCUT2D eigenvalue weighted by molar-refractivity contribution is 0.308. The van der Waals surface area contributed by atoms with Gasteiger partial charge in [0.25, 0.3) is 5.56 Å². The first kappa shape index (κ1) is 15.3. The maximum atomic E-state index is 11.9. The number of hydrogen-bond donors (Lipinski definition) is 0. The van der Waals surface area contributed by atoms with Crippen LogP contribution in [0.1, 0.15) is 24.1 Å². The number of anilines is 1. The standard InChI is InChI=1S/C17H22N6O/c1-21-9-6-15-13(11-21)10-16(20-19-15)22-8-3-4-14(22)12-23-17(24)5-2-7-18-23/h2,5,7,10,14H,3-4,6,8-9,11-12H2,1H3. The number of nitrogens with zero attached hydrogens (tertiary/aromatic N) is 6. The van der Waals surface area contributed by atoms with Gasteiger partial charge in [0.05, 0.1) is 18.3 Å². The smallest absolute Gasteiger partial charge is 0.266 e. The van der Waals surface area contributed by atoms with E-state index < -0.39 is 0 Å². The number of aromatic nitrogens is 4. The van der Waals surface area contributed by atoms with Crippen LogP contribution in [0, 0.1) is 0 Å². The maximum absolute atomic E-state index is 11.9. The summed E-state index contributed by atoms with van der Waals surface area (Å²) in [6, 6.07) is 5.65. The monoisotopic (exact) mass is 326 g/mol. The van der Waals surface area contributed by atoms with Crippen molar-refractivity contribution in [3.05, 3.63) is 46.0 Å². The molecule has 4 heterocycles. The minimum absolute atomic E-state index is 0.0532. The highest BCUT2D eigenvalue weighted by molar-refractivity contribution is 5.44. The highest BCUT2D eigenvalue weighted by Gasteiger charge is 2.28. The average molecular weight is 326 g/mol. The van der Waals surface area contributed by atoms with Crippen molar-refractivity contribution < 1.29 is 0 Å². The lowest BCUT2D eigenvalue weighted by Crippen LogP contribution is -2.37. The maximum Gasteiger partial charge on any atom is 0.266 e. The summed E-state index contributed by atoms with van der Waals surface area (Å²) >= 11 is 0. The van der Waals surface area contributed by atoms with E-state index in [0.717, 1.165) is 50.4 Å². The van der Waals surface area contributed by atoms with Crippen LogP contribution in [0.15, 0.2) is 29.2 Å². The molecule has 0 radical (unpaired) electrons. The summed E-state index contributed by atoms with van der Waals surface area (Å²) in [6.45, 7) is 3.51. The molecule has 2 aliphatic heterocycles. The fourth-order valence-corrected chi connectivity index (χ4v) is 3.65. The molecule has 2 aromatic heterocycles. The van der Waals surface area contributed by atoms with Gasteiger partial charge in [-0.1, -0.05) is 0 Å². The lowest BCUT2D eigenvalue weighted by Gasteiger charge is -2.28. The summed E-state index contributed by atoms with van der Waals surface area (Å²) in [5.41, 5.74) is 2.34. The fraction of sp³-hybridized carbons (Fsp3) is 0.529. The Hall–Kier alpha value is -2.28. The molecule has 0 amide bonds. The van der Waals surface area contributed by atoms with Gasteiger partial charge in [0.2, 0.25) is 0 Å². The van der Waals surface area contributed by atoms with Crippen molar-refractivity contribution in [1.29, 1.82) is 0 Å². The summed E-state index contributed by atoms with van der Waals surface area (Å²) in [6.07, 6.45) is 4.77. The van der Waals surface area contributed by atoms with Crippen molar-refractivity contribution in [3.63, 3.8) is 0 Å². The minimum Gasteiger partial charge on any atom is -0.350 e. The zero-order valence-electron chi connectivity index (χ0n) is 13.9. The van der Waals surface area contributed by atoms with Gasteiger partial charge in [0.1, 0.15) is 0 Å². The van der Waals surface area contributed by atoms with Crippen LogP contribution in [0.2, 0.25) is 0 Å². The SMILES string of the molecule is CN1CCc2nnc(N3CCCC3Cn3ncccc3=O)cc2C1. The third-order valence-corrected chi connectivity index (χ3v) is 4.96. The molecule has 2 aliphatic rings. The van der Waals surface area contributed by atoms with Gasteiger partial charge < -0.3 is 9.80 Å². The molecule has 0 N–H and O–H groups in total. The first-order chi connectivity index (χ1) is 11.7. The van der Waals surface area contributed by atoms with Crippen molar-refractivity contribution in [2.75, 3.05) is 25.0 Å². The molecule has 1 saturated heterocycles. The number of fused-ring (bicyclic) bond motifs is 1. The molecule has 24 heavy (non-hydrogen) atoms. The van der Waals surface area contributed by atoms with Gasteiger partial charge in [-0.15, -0.1) is 5.10 Å². The molecule has 1 atom stereocenters. The molecular formula is C17H22N6O. The first-order valence-corrected chi connectivity index (χ1v) is 8.53. The molecule has 7 heteroatoms. The van der Waals surface area contributed by atoms with E-state index in [9.17, 15) is 4.79 Å². The zero-order chi connectivity index (χ0) is 16.5. The van der Waals surface area contributed by atoms with Crippen LogP contribution < -0.4 is 10.5 Å².